The van der Waals surface area contributed by atoms with Crippen molar-refractivity contribution in [1.82, 2.24) is 4.90 Å². The molecule has 2 atom stereocenters. The number of piperidine rings is 1. The Hall–Kier alpha value is -0.0900. The summed E-state index contributed by atoms with van der Waals surface area (Å²) in [5.41, 5.74) is 7.34. The summed E-state index contributed by atoms with van der Waals surface area (Å²) >= 11 is 9.74. The SMILES string of the molecule is NCC1CCCN(C2CC2)C1c1ccc(Br)c(Cl)c1. The molecule has 2 fully saturated rings. The van der Waals surface area contributed by atoms with Gasteiger partial charge in [-0.25, -0.2) is 0 Å². The van der Waals surface area contributed by atoms with Crippen LogP contribution >= 0.6 is 27.5 Å². The van der Waals surface area contributed by atoms with E-state index in [1.54, 1.807) is 0 Å². The van der Waals surface area contributed by atoms with Crippen molar-refractivity contribution in [3.8, 4) is 0 Å². The minimum atomic E-state index is 0.455. The molecule has 0 amide bonds. The second-order valence-corrected chi connectivity index (χ2v) is 6.99. The van der Waals surface area contributed by atoms with Crippen molar-refractivity contribution >= 4 is 27.5 Å². The molecule has 2 unspecified atom stereocenters. The first-order valence-corrected chi connectivity index (χ1v) is 8.28. The molecule has 0 spiro atoms. The molecular weight excluding hydrogens is 324 g/mol. The smallest absolute Gasteiger partial charge is 0.0551 e. The maximum atomic E-state index is 6.27. The first-order chi connectivity index (χ1) is 9.20. The molecule has 1 aliphatic carbocycles. The summed E-state index contributed by atoms with van der Waals surface area (Å²) in [5.74, 6) is 0.562. The quantitative estimate of drug-likeness (QED) is 0.899. The second-order valence-electron chi connectivity index (χ2n) is 5.73. The highest BCUT2D eigenvalue weighted by Crippen LogP contribution is 2.43. The van der Waals surface area contributed by atoms with Gasteiger partial charge >= 0.3 is 0 Å². The van der Waals surface area contributed by atoms with Gasteiger partial charge in [0.1, 0.15) is 0 Å². The molecule has 1 heterocycles. The first-order valence-electron chi connectivity index (χ1n) is 7.11. The Morgan fingerprint density at radius 1 is 1.32 bits per heavy atom. The van der Waals surface area contributed by atoms with Crippen LogP contribution in [0.5, 0.6) is 0 Å². The van der Waals surface area contributed by atoms with Gasteiger partial charge in [-0.05, 0) is 78.3 Å². The van der Waals surface area contributed by atoms with E-state index in [1.807, 2.05) is 0 Å². The van der Waals surface area contributed by atoms with E-state index in [1.165, 1.54) is 37.8 Å². The summed E-state index contributed by atoms with van der Waals surface area (Å²) in [6.07, 6.45) is 5.20. The van der Waals surface area contributed by atoms with Gasteiger partial charge in [0.05, 0.1) is 5.02 Å². The zero-order valence-corrected chi connectivity index (χ0v) is 13.3. The van der Waals surface area contributed by atoms with Crippen LogP contribution < -0.4 is 5.73 Å². The van der Waals surface area contributed by atoms with Crippen molar-refractivity contribution in [3.63, 3.8) is 0 Å². The summed E-state index contributed by atoms with van der Waals surface area (Å²) in [4.78, 5) is 2.67. The summed E-state index contributed by atoms with van der Waals surface area (Å²) in [6.45, 7) is 1.97. The molecule has 1 aliphatic heterocycles. The zero-order chi connectivity index (χ0) is 13.4. The van der Waals surface area contributed by atoms with Crippen molar-refractivity contribution in [1.29, 1.82) is 0 Å². The molecule has 0 radical (unpaired) electrons. The monoisotopic (exact) mass is 342 g/mol. The van der Waals surface area contributed by atoms with Crippen LogP contribution in [0.3, 0.4) is 0 Å². The molecule has 19 heavy (non-hydrogen) atoms. The Bertz CT molecular complexity index is 461. The van der Waals surface area contributed by atoms with E-state index in [4.69, 9.17) is 17.3 Å². The molecule has 2 nitrogen and oxygen atoms in total. The molecule has 0 aromatic heterocycles. The molecule has 1 saturated carbocycles. The number of nitrogens with zero attached hydrogens (tertiary/aromatic N) is 1. The average Bonchev–Trinajstić information content (AvgIpc) is 3.25. The number of hydrogen-bond acceptors (Lipinski definition) is 2. The predicted molar refractivity (Wildman–Crippen MR) is 83.4 cm³/mol. The summed E-state index contributed by atoms with van der Waals surface area (Å²) in [7, 11) is 0. The fourth-order valence-electron chi connectivity index (χ4n) is 3.33. The van der Waals surface area contributed by atoms with Crippen molar-refractivity contribution in [2.45, 2.75) is 37.8 Å². The molecular formula is C15H20BrClN2. The lowest BCUT2D eigenvalue weighted by Gasteiger charge is -2.41. The minimum Gasteiger partial charge on any atom is -0.330 e. The van der Waals surface area contributed by atoms with Gasteiger partial charge in [0.15, 0.2) is 0 Å². The molecule has 4 heteroatoms. The highest BCUT2D eigenvalue weighted by Gasteiger charge is 2.40. The number of nitrogens with two attached hydrogens (primary N) is 1. The van der Waals surface area contributed by atoms with E-state index in [0.717, 1.165) is 22.1 Å². The molecule has 2 aliphatic rings. The van der Waals surface area contributed by atoms with Crippen LogP contribution in [0.25, 0.3) is 0 Å². The van der Waals surface area contributed by atoms with Gasteiger partial charge in [0.25, 0.3) is 0 Å². The van der Waals surface area contributed by atoms with Crippen LogP contribution in [0, 0.1) is 5.92 Å². The van der Waals surface area contributed by atoms with Crippen molar-refractivity contribution < 1.29 is 0 Å². The topological polar surface area (TPSA) is 29.3 Å². The van der Waals surface area contributed by atoms with Crippen molar-refractivity contribution in [2.24, 2.45) is 11.7 Å². The molecule has 1 aromatic rings. The van der Waals surface area contributed by atoms with Crippen molar-refractivity contribution in [3.05, 3.63) is 33.3 Å². The maximum absolute atomic E-state index is 6.27. The lowest BCUT2D eigenvalue weighted by atomic mass is 9.84. The zero-order valence-electron chi connectivity index (χ0n) is 11.0. The van der Waals surface area contributed by atoms with E-state index in [9.17, 15) is 0 Å². The van der Waals surface area contributed by atoms with E-state index >= 15 is 0 Å². The summed E-state index contributed by atoms with van der Waals surface area (Å²) in [6, 6.07) is 7.60. The van der Waals surface area contributed by atoms with E-state index in [0.29, 0.717) is 12.0 Å². The van der Waals surface area contributed by atoms with Gasteiger partial charge in [-0.1, -0.05) is 17.7 Å². The Labute approximate surface area is 128 Å². The second kappa shape index (κ2) is 5.72. The Balaban J connectivity index is 1.93. The highest BCUT2D eigenvalue weighted by molar-refractivity contribution is 9.10. The molecule has 1 aromatic carbocycles. The molecule has 2 N–H and O–H groups in total. The van der Waals surface area contributed by atoms with Crippen LogP contribution in [-0.4, -0.2) is 24.0 Å². The third kappa shape index (κ3) is 2.85. The van der Waals surface area contributed by atoms with Gasteiger partial charge < -0.3 is 5.73 Å². The molecule has 3 rings (SSSR count). The third-order valence-electron chi connectivity index (χ3n) is 4.40. The van der Waals surface area contributed by atoms with Gasteiger partial charge in [-0.3, -0.25) is 4.90 Å². The lowest BCUT2D eigenvalue weighted by molar-refractivity contribution is 0.0880. The van der Waals surface area contributed by atoms with Crippen LogP contribution in [0.4, 0.5) is 0 Å². The Morgan fingerprint density at radius 3 is 2.74 bits per heavy atom. The normalized spacial score (nSPS) is 28.6. The van der Waals surface area contributed by atoms with Crippen LogP contribution in [0.15, 0.2) is 22.7 Å². The fourth-order valence-corrected chi connectivity index (χ4v) is 3.76. The van der Waals surface area contributed by atoms with Gasteiger partial charge in [-0.2, -0.15) is 0 Å². The fraction of sp³-hybridized carbons (Fsp3) is 0.600. The number of likely N-dealkylation sites (tertiary alicyclic amines) is 1. The molecule has 1 saturated heterocycles. The van der Waals surface area contributed by atoms with Gasteiger partial charge in [-0.15, -0.1) is 0 Å². The molecule has 0 bridgehead atoms. The maximum Gasteiger partial charge on any atom is 0.0551 e. The van der Waals surface area contributed by atoms with E-state index < -0.39 is 0 Å². The highest BCUT2D eigenvalue weighted by atomic mass is 79.9. The average molecular weight is 344 g/mol. The molecule has 104 valence electrons. The first kappa shape index (κ1) is 13.9. The standard InChI is InChI=1S/C15H20BrClN2/c16-13-6-3-10(8-14(13)17)15-11(9-18)2-1-7-19(15)12-4-5-12/h3,6,8,11-12,15H,1-2,4-5,7,9,18H2. The number of benzene rings is 1. The third-order valence-corrected chi connectivity index (χ3v) is 5.63. The van der Waals surface area contributed by atoms with Crippen LogP contribution in [0.2, 0.25) is 5.02 Å². The number of rotatable bonds is 3. The number of hydrogen-bond donors (Lipinski definition) is 1. The van der Waals surface area contributed by atoms with Crippen LogP contribution in [-0.2, 0) is 0 Å². The number of halogens is 2. The largest absolute Gasteiger partial charge is 0.330 e. The summed E-state index contributed by atoms with van der Waals surface area (Å²) < 4.78 is 0.969. The van der Waals surface area contributed by atoms with Crippen LogP contribution in [0.1, 0.15) is 37.3 Å². The van der Waals surface area contributed by atoms with Gasteiger partial charge in [0.2, 0.25) is 0 Å². The Kier molecular flexibility index (Phi) is 4.18. The van der Waals surface area contributed by atoms with Gasteiger partial charge in [0, 0.05) is 16.6 Å². The van der Waals surface area contributed by atoms with E-state index in [-0.39, 0.29) is 0 Å². The van der Waals surface area contributed by atoms with E-state index in [2.05, 4.69) is 39.0 Å². The lowest BCUT2D eigenvalue weighted by Crippen LogP contribution is -2.42. The predicted octanol–water partition coefficient (Wildman–Crippen LogP) is 3.98. The Morgan fingerprint density at radius 2 is 2.11 bits per heavy atom. The summed E-state index contributed by atoms with van der Waals surface area (Å²) in [5, 5.41) is 0.801. The van der Waals surface area contributed by atoms with Crippen molar-refractivity contribution in [2.75, 3.05) is 13.1 Å². The minimum absolute atomic E-state index is 0.455.